The maximum atomic E-state index is 5.45. The first-order valence-corrected chi connectivity index (χ1v) is 12.1. The van der Waals surface area contributed by atoms with Crippen molar-refractivity contribution in [2.24, 2.45) is 0 Å². The molecule has 3 aromatic heterocycles. The van der Waals surface area contributed by atoms with E-state index < -0.39 is 0 Å². The third-order valence-electron chi connectivity index (χ3n) is 6.90. The molecule has 2 saturated heterocycles. The molecule has 0 saturated carbocycles. The fourth-order valence-corrected chi connectivity index (χ4v) is 4.96. The van der Waals surface area contributed by atoms with Gasteiger partial charge in [0.1, 0.15) is 11.5 Å². The highest BCUT2D eigenvalue weighted by atomic mass is 16.5. The lowest BCUT2D eigenvalue weighted by Crippen LogP contribution is -2.47. The lowest BCUT2D eigenvalue weighted by molar-refractivity contribution is 0.0965. The van der Waals surface area contributed by atoms with Gasteiger partial charge < -0.3 is 14.3 Å². The van der Waals surface area contributed by atoms with E-state index in [4.69, 9.17) is 9.51 Å². The zero-order valence-corrected chi connectivity index (χ0v) is 19.6. The average molecular weight is 448 g/mol. The highest BCUT2D eigenvalue weighted by Gasteiger charge is 2.27. The van der Waals surface area contributed by atoms with Gasteiger partial charge in [-0.05, 0) is 70.5 Å². The van der Waals surface area contributed by atoms with Gasteiger partial charge in [0.25, 0.3) is 5.89 Å². The van der Waals surface area contributed by atoms with Gasteiger partial charge in [-0.3, -0.25) is 9.88 Å². The van der Waals surface area contributed by atoms with E-state index in [1.165, 1.54) is 32.5 Å². The van der Waals surface area contributed by atoms with Crippen LogP contribution < -0.4 is 4.90 Å². The van der Waals surface area contributed by atoms with Crippen LogP contribution in [0.2, 0.25) is 0 Å². The molecule has 5 heterocycles. The van der Waals surface area contributed by atoms with Crippen LogP contribution in [0.4, 0.5) is 5.82 Å². The van der Waals surface area contributed by atoms with Crippen LogP contribution in [0.5, 0.6) is 0 Å². The second-order valence-corrected chi connectivity index (χ2v) is 9.28. The van der Waals surface area contributed by atoms with E-state index in [1.54, 1.807) is 12.4 Å². The Kier molecular flexibility index (Phi) is 6.64. The second-order valence-electron chi connectivity index (χ2n) is 9.28. The smallest absolute Gasteiger partial charge is 0.259 e. The third kappa shape index (κ3) is 5.07. The molecular weight excluding hydrogens is 414 g/mol. The molecule has 0 radical (unpaired) electrons. The van der Waals surface area contributed by atoms with Gasteiger partial charge in [-0.1, -0.05) is 11.2 Å². The zero-order valence-electron chi connectivity index (χ0n) is 19.6. The number of hydrogen-bond donors (Lipinski definition) is 0. The summed E-state index contributed by atoms with van der Waals surface area (Å²) in [5, 5.41) is 4.15. The van der Waals surface area contributed by atoms with E-state index in [9.17, 15) is 0 Å². The maximum absolute atomic E-state index is 5.45. The number of rotatable bonds is 5. The van der Waals surface area contributed by atoms with Crippen molar-refractivity contribution >= 4 is 5.82 Å². The fraction of sp³-hybridized carbons (Fsp3) is 0.520. The van der Waals surface area contributed by atoms with Crippen molar-refractivity contribution in [3.8, 4) is 23.0 Å². The third-order valence-corrected chi connectivity index (χ3v) is 6.90. The van der Waals surface area contributed by atoms with Gasteiger partial charge in [0.05, 0.1) is 5.56 Å². The molecule has 0 aromatic carbocycles. The topological polar surface area (TPSA) is 74.4 Å². The Morgan fingerprint density at radius 3 is 2.61 bits per heavy atom. The van der Waals surface area contributed by atoms with E-state index in [0.717, 1.165) is 43.1 Å². The Labute approximate surface area is 195 Å². The summed E-state index contributed by atoms with van der Waals surface area (Å²) in [5.41, 5.74) is 1.53. The maximum Gasteiger partial charge on any atom is 0.259 e. The van der Waals surface area contributed by atoms with Crippen LogP contribution in [-0.4, -0.2) is 81.3 Å². The summed E-state index contributed by atoms with van der Waals surface area (Å²) in [6.07, 6.45) is 7.16. The van der Waals surface area contributed by atoms with E-state index >= 15 is 0 Å². The fourth-order valence-electron chi connectivity index (χ4n) is 4.96. The van der Waals surface area contributed by atoms with Gasteiger partial charge in [0.2, 0.25) is 5.82 Å². The van der Waals surface area contributed by atoms with Crippen molar-refractivity contribution < 1.29 is 4.52 Å². The lowest BCUT2D eigenvalue weighted by atomic mass is 10.0. The van der Waals surface area contributed by atoms with Gasteiger partial charge in [0.15, 0.2) is 0 Å². The number of hydrogen-bond acceptors (Lipinski definition) is 8. The number of piperidine rings is 1. The van der Waals surface area contributed by atoms with Crippen molar-refractivity contribution in [2.45, 2.75) is 45.2 Å². The Bertz CT molecular complexity index is 1030. The summed E-state index contributed by atoms with van der Waals surface area (Å²) in [5.74, 6) is 1.94. The van der Waals surface area contributed by atoms with Gasteiger partial charge in [-0.2, -0.15) is 4.98 Å². The van der Waals surface area contributed by atoms with E-state index in [-0.39, 0.29) is 0 Å². The highest BCUT2D eigenvalue weighted by molar-refractivity contribution is 5.58. The summed E-state index contributed by atoms with van der Waals surface area (Å²) in [4.78, 5) is 21.3. The molecule has 0 aliphatic carbocycles. The average Bonchev–Trinajstić information content (AvgIpc) is 3.23. The number of aromatic nitrogens is 4. The Morgan fingerprint density at radius 2 is 1.82 bits per heavy atom. The van der Waals surface area contributed by atoms with Gasteiger partial charge in [0, 0.05) is 50.7 Å². The first-order valence-electron chi connectivity index (χ1n) is 12.1. The second kappa shape index (κ2) is 9.97. The Balaban J connectivity index is 1.24. The number of anilines is 1. The van der Waals surface area contributed by atoms with Crippen molar-refractivity contribution in [3.63, 3.8) is 0 Å². The number of likely N-dealkylation sites (tertiary alicyclic amines) is 1. The van der Waals surface area contributed by atoms with Gasteiger partial charge in [-0.15, -0.1) is 0 Å². The molecule has 0 amide bonds. The quantitative estimate of drug-likeness (QED) is 0.588. The summed E-state index contributed by atoms with van der Waals surface area (Å²) in [6, 6.07) is 11.2. The number of nitrogens with zero attached hydrogens (tertiary/aromatic N) is 7. The molecular formula is C25H33N7O. The van der Waals surface area contributed by atoms with E-state index in [0.29, 0.717) is 23.8 Å². The summed E-state index contributed by atoms with van der Waals surface area (Å²) in [6.45, 7) is 11.3. The molecule has 33 heavy (non-hydrogen) atoms. The van der Waals surface area contributed by atoms with Crippen LogP contribution in [0.1, 0.15) is 33.1 Å². The minimum absolute atomic E-state index is 0.458. The molecule has 0 N–H and O–H groups in total. The first kappa shape index (κ1) is 22.0. The molecule has 0 atom stereocenters. The molecule has 8 nitrogen and oxygen atoms in total. The van der Waals surface area contributed by atoms with Crippen LogP contribution in [-0.2, 0) is 0 Å². The standard InChI is InChI=1S/C25H33N7O/c1-19(2)30-14-9-21(10-15-30)31-12-5-13-32(17-16-31)23-8-3-7-22(27-23)24-28-25(33-29-24)20-6-4-11-26-18-20/h3-4,6-8,11,18-19,21H,5,9-10,12-17H2,1-2H3. The van der Waals surface area contributed by atoms with Gasteiger partial charge >= 0.3 is 0 Å². The molecule has 0 unspecified atom stereocenters. The lowest BCUT2D eigenvalue weighted by Gasteiger charge is -2.39. The summed E-state index contributed by atoms with van der Waals surface area (Å²) < 4.78 is 5.45. The molecule has 0 spiro atoms. The van der Waals surface area contributed by atoms with Crippen molar-refractivity contribution in [1.82, 2.24) is 29.9 Å². The molecule has 8 heteroatoms. The van der Waals surface area contributed by atoms with Crippen LogP contribution in [0.25, 0.3) is 23.0 Å². The first-order chi connectivity index (χ1) is 16.2. The molecule has 174 valence electrons. The molecule has 5 rings (SSSR count). The molecule has 3 aromatic rings. The zero-order chi connectivity index (χ0) is 22.6. The monoisotopic (exact) mass is 447 g/mol. The molecule has 2 aliphatic heterocycles. The van der Waals surface area contributed by atoms with E-state index in [1.807, 2.05) is 24.3 Å². The largest absolute Gasteiger partial charge is 0.355 e. The van der Waals surface area contributed by atoms with Crippen molar-refractivity contribution in [3.05, 3.63) is 42.7 Å². The SMILES string of the molecule is CC(C)N1CCC(N2CCCN(c3cccc(-c4noc(-c5cccnc5)n4)n3)CC2)CC1. The van der Waals surface area contributed by atoms with Crippen LogP contribution >= 0.6 is 0 Å². The molecule has 2 fully saturated rings. The molecule has 0 bridgehead atoms. The summed E-state index contributed by atoms with van der Waals surface area (Å²) >= 11 is 0. The summed E-state index contributed by atoms with van der Waals surface area (Å²) in [7, 11) is 0. The van der Waals surface area contributed by atoms with E-state index in [2.05, 4.69) is 49.7 Å². The van der Waals surface area contributed by atoms with Crippen molar-refractivity contribution in [2.75, 3.05) is 44.2 Å². The number of pyridine rings is 2. The predicted octanol–water partition coefficient (Wildman–Crippen LogP) is 3.58. The van der Waals surface area contributed by atoms with Crippen LogP contribution in [0.15, 0.2) is 47.2 Å². The van der Waals surface area contributed by atoms with Crippen LogP contribution in [0.3, 0.4) is 0 Å². The predicted molar refractivity (Wildman–Crippen MR) is 129 cm³/mol. The van der Waals surface area contributed by atoms with Crippen LogP contribution in [0, 0.1) is 0 Å². The normalized spacial score (nSPS) is 19.2. The Hall–Kier alpha value is -2.84. The minimum atomic E-state index is 0.458. The highest BCUT2D eigenvalue weighted by Crippen LogP contribution is 2.24. The minimum Gasteiger partial charge on any atom is -0.355 e. The van der Waals surface area contributed by atoms with Gasteiger partial charge in [-0.25, -0.2) is 4.98 Å². The molecule has 2 aliphatic rings. The Morgan fingerprint density at radius 1 is 0.939 bits per heavy atom. The van der Waals surface area contributed by atoms with Crippen molar-refractivity contribution in [1.29, 1.82) is 0 Å².